The van der Waals surface area contributed by atoms with Gasteiger partial charge in [0, 0.05) is 5.92 Å². The van der Waals surface area contributed by atoms with Gasteiger partial charge < -0.3 is 14.3 Å². The predicted molar refractivity (Wildman–Crippen MR) is 76.5 cm³/mol. The minimum Gasteiger partial charge on any atom is -0.465 e. The summed E-state index contributed by atoms with van der Waals surface area (Å²) in [7, 11) is 0. The van der Waals surface area contributed by atoms with Crippen LogP contribution in [0.2, 0.25) is 0 Å². The van der Waals surface area contributed by atoms with E-state index in [1.54, 1.807) is 13.8 Å². The molecule has 5 heteroatoms. The number of esters is 2. The third-order valence-electron chi connectivity index (χ3n) is 3.00. The van der Waals surface area contributed by atoms with Crippen molar-refractivity contribution in [2.45, 2.75) is 20.3 Å². The van der Waals surface area contributed by atoms with Crippen LogP contribution >= 0.6 is 0 Å². The molecular formula is C16H20O5. The minimum atomic E-state index is -1.22. The standard InChI is InChI=1S/C16H20O5/c1-3-20-15(18)14(16(19)21-4-2)13(11-17)10-12-8-6-5-7-9-12/h5-9,11,13-14H,3-4,10H2,1-2H3. The maximum Gasteiger partial charge on any atom is 0.321 e. The first-order valence-electron chi connectivity index (χ1n) is 6.96. The van der Waals surface area contributed by atoms with Crippen LogP contribution in [0, 0.1) is 11.8 Å². The van der Waals surface area contributed by atoms with Crippen LogP contribution in [-0.4, -0.2) is 31.4 Å². The first-order chi connectivity index (χ1) is 10.1. The lowest BCUT2D eigenvalue weighted by molar-refractivity contribution is -0.165. The molecule has 0 aliphatic carbocycles. The highest BCUT2D eigenvalue weighted by atomic mass is 16.6. The smallest absolute Gasteiger partial charge is 0.321 e. The molecule has 1 rings (SSSR count). The Labute approximate surface area is 124 Å². The Morgan fingerprint density at radius 2 is 1.57 bits per heavy atom. The summed E-state index contributed by atoms with van der Waals surface area (Å²) in [5.41, 5.74) is 0.869. The lowest BCUT2D eigenvalue weighted by Crippen LogP contribution is -2.36. The number of aldehydes is 1. The number of carbonyl (C=O) groups excluding carboxylic acids is 3. The largest absolute Gasteiger partial charge is 0.465 e. The summed E-state index contributed by atoms with van der Waals surface area (Å²) in [5, 5.41) is 0. The van der Waals surface area contributed by atoms with Crippen molar-refractivity contribution in [3.05, 3.63) is 35.9 Å². The Morgan fingerprint density at radius 3 is 2.00 bits per heavy atom. The number of hydrogen-bond acceptors (Lipinski definition) is 5. The van der Waals surface area contributed by atoms with E-state index in [1.807, 2.05) is 30.3 Å². The highest BCUT2D eigenvalue weighted by Gasteiger charge is 2.37. The molecule has 0 radical (unpaired) electrons. The van der Waals surface area contributed by atoms with Crippen LogP contribution < -0.4 is 0 Å². The van der Waals surface area contributed by atoms with Crippen molar-refractivity contribution < 1.29 is 23.9 Å². The van der Waals surface area contributed by atoms with E-state index in [0.717, 1.165) is 5.56 Å². The summed E-state index contributed by atoms with van der Waals surface area (Å²) < 4.78 is 9.79. The van der Waals surface area contributed by atoms with Gasteiger partial charge in [0.15, 0.2) is 5.92 Å². The lowest BCUT2D eigenvalue weighted by atomic mass is 9.88. The SMILES string of the molecule is CCOC(=O)C(C(=O)OCC)C(C=O)Cc1ccccc1. The van der Waals surface area contributed by atoms with E-state index in [-0.39, 0.29) is 19.6 Å². The maximum atomic E-state index is 12.0. The molecule has 0 spiro atoms. The van der Waals surface area contributed by atoms with Crippen LogP contribution in [0.15, 0.2) is 30.3 Å². The molecule has 114 valence electrons. The number of benzene rings is 1. The summed E-state index contributed by atoms with van der Waals surface area (Å²) in [4.78, 5) is 35.3. The molecule has 0 saturated heterocycles. The molecule has 0 aromatic heterocycles. The first kappa shape index (κ1) is 16.9. The predicted octanol–water partition coefficient (Wildman–Crippen LogP) is 1.79. The normalized spacial score (nSPS) is 11.8. The molecule has 1 unspecified atom stereocenters. The van der Waals surface area contributed by atoms with Crippen molar-refractivity contribution in [3.63, 3.8) is 0 Å². The van der Waals surface area contributed by atoms with E-state index in [9.17, 15) is 14.4 Å². The molecule has 1 aromatic rings. The van der Waals surface area contributed by atoms with Gasteiger partial charge in [0.25, 0.3) is 0 Å². The van der Waals surface area contributed by atoms with Gasteiger partial charge in [-0.25, -0.2) is 0 Å². The molecule has 1 aromatic carbocycles. The first-order valence-corrected chi connectivity index (χ1v) is 6.96. The van der Waals surface area contributed by atoms with Gasteiger partial charge in [-0.15, -0.1) is 0 Å². The fourth-order valence-corrected chi connectivity index (χ4v) is 2.04. The Morgan fingerprint density at radius 1 is 1.05 bits per heavy atom. The molecule has 0 bridgehead atoms. The van der Waals surface area contributed by atoms with Gasteiger partial charge in [-0.2, -0.15) is 0 Å². The summed E-state index contributed by atoms with van der Waals surface area (Å²) in [6.07, 6.45) is 0.901. The maximum absolute atomic E-state index is 12.0. The molecule has 0 N–H and O–H groups in total. The third-order valence-corrected chi connectivity index (χ3v) is 3.00. The van der Waals surface area contributed by atoms with E-state index in [0.29, 0.717) is 6.29 Å². The van der Waals surface area contributed by atoms with Crippen molar-refractivity contribution in [2.75, 3.05) is 13.2 Å². The van der Waals surface area contributed by atoms with Gasteiger partial charge in [-0.3, -0.25) is 9.59 Å². The zero-order chi connectivity index (χ0) is 15.7. The van der Waals surface area contributed by atoms with Crippen molar-refractivity contribution in [2.24, 2.45) is 11.8 Å². The van der Waals surface area contributed by atoms with Crippen LogP contribution in [0.5, 0.6) is 0 Å². The molecule has 0 fully saturated rings. The Bertz CT molecular complexity index is 451. The highest BCUT2D eigenvalue weighted by Crippen LogP contribution is 2.19. The summed E-state index contributed by atoms with van der Waals surface area (Å²) in [6.45, 7) is 3.58. The molecule has 1 atom stereocenters. The zero-order valence-electron chi connectivity index (χ0n) is 12.3. The second-order valence-electron chi connectivity index (χ2n) is 4.47. The van der Waals surface area contributed by atoms with E-state index in [2.05, 4.69) is 0 Å². The van der Waals surface area contributed by atoms with Gasteiger partial charge in [0.1, 0.15) is 6.29 Å². The molecule has 0 aliphatic heterocycles. The molecule has 5 nitrogen and oxygen atoms in total. The number of carbonyl (C=O) groups is 3. The average molecular weight is 292 g/mol. The summed E-state index contributed by atoms with van der Waals surface area (Å²) in [6, 6.07) is 9.20. The fourth-order valence-electron chi connectivity index (χ4n) is 2.04. The molecule has 0 heterocycles. The van der Waals surface area contributed by atoms with E-state index < -0.39 is 23.8 Å². The van der Waals surface area contributed by atoms with Crippen LogP contribution in [0.3, 0.4) is 0 Å². The lowest BCUT2D eigenvalue weighted by Gasteiger charge is -2.19. The van der Waals surface area contributed by atoms with E-state index in [1.165, 1.54) is 0 Å². The van der Waals surface area contributed by atoms with Gasteiger partial charge in [0.05, 0.1) is 13.2 Å². The van der Waals surface area contributed by atoms with E-state index in [4.69, 9.17) is 9.47 Å². The molecule has 0 saturated carbocycles. The van der Waals surface area contributed by atoms with Crippen LogP contribution in [0.1, 0.15) is 19.4 Å². The Balaban J connectivity index is 2.94. The quantitative estimate of drug-likeness (QED) is 0.415. The van der Waals surface area contributed by atoms with Crippen LogP contribution in [0.25, 0.3) is 0 Å². The second-order valence-corrected chi connectivity index (χ2v) is 4.47. The highest BCUT2D eigenvalue weighted by molar-refractivity contribution is 5.97. The monoisotopic (exact) mass is 292 g/mol. The molecular weight excluding hydrogens is 272 g/mol. The van der Waals surface area contributed by atoms with Gasteiger partial charge in [-0.05, 0) is 25.8 Å². The Hall–Kier alpha value is -2.17. The molecule has 21 heavy (non-hydrogen) atoms. The number of hydrogen-bond donors (Lipinski definition) is 0. The van der Waals surface area contributed by atoms with Crippen LogP contribution in [-0.2, 0) is 30.3 Å². The summed E-state index contributed by atoms with van der Waals surface area (Å²) >= 11 is 0. The number of rotatable bonds is 8. The topological polar surface area (TPSA) is 69.7 Å². The van der Waals surface area contributed by atoms with Crippen molar-refractivity contribution in [1.29, 1.82) is 0 Å². The van der Waals surface area contributed by atoms with Gasteiger partial charge in [-0.1, -0.05) is 30.3 Å². The zero-order valence-corrected chi connectivity index (χ0v) is 12.3. The molecule has 0 amide bonds. The van der Waals surface area contributed by atoms with E-state index >= 15 is 0 Å². The molecule has 0 aliphatic rings. The average Bonchev–Trinajstić information content (AvgIpc) is 2.48. The van der Waals surface area contributed by atoms with Crippen molar-refractivity contribution in [3.8, 4) is 0 Å². The summed E-state index contributed by atoms with van der Waals surface area (Å²) in [5.74, 6) is -3.46. The Kier molecular flexibility index (Phi) is 7.15. The van der Waals surface area contributed by atoms with Crippen molar-refractivity contribution >= 4 is 18.2 Å². The van der Waals surface area contributed by atoms with Crippen LogP contribution in [0.4, 0.5) is 0 Å². The fraction of sp³-hybridized carbons (Fsp3) is 0.438. The van der Waals surface area contributed by atoms with Gasteiger partial charge in [0.2, 0.25) is 0 Å². The third kappa shape index (κ3) is 5.02. The number of ether oxygens (including phenoxy) is 2. The van der Waals surface area contributed by atoms with Crippen molar-refractivity contribution in [1.82, 2.24) is 0 Å². The van der Waals surface area contributed by atoms with Gasteiger partial charge >= 0.3 is 11.9 Å². The second kappa shape index (κ2) is 8.89. The minimum absolute atomic E-state index is 0.144.